The number of carbonyl (C=O) groups excluding carboxylic acids is 2. The molecule has 4 aromatic rings. The number of esters is 2. The first-order valence-electron chi connectivity index (χ1n) is 12.0. The highest BCUT2D eigenvalue weighted by molar-refractivity contribution is 6.04. The second-order valence-electron chi connectivity index (χ2n) is 8.76. The van der Waals surface area contributed by atoms with Crippen molar-refractivity contribution in [2.24, 2.45) is 7.05 Å². The monoisotopic (exact) mass is 523 g/mol. The molecular weight excluding hydrogens is 493 g/mol. The molecule has 1 N–H and O–H groups in total. The Morgan fingerprint density at radius 3 is 2.39 bits per heavy atom. The summed E-state index contributed by atoms with van der Waals surface area (Å²) in [7, 11) is 5.95. The highest BCUT2D eigenvalue weighted by atomic mass is 19.1. The molecular formula is C28H30FN3O6. The number of nitrogens with zero attached hydrogens (tertiary/aromatic N) is 2. The second kappa shape index (κ2) is 11.5. The molecule has 4 rings (SSSR count). The van der Waals surface area contributed by atoms with Crippen molar-refractivity contribution >= 4 is 22.8 Å². The van der Waals surface area contributed by atoms with Gasteiger partial charge in [-0.15, -0.1) is 0 Å². The number of H-pyrrole nitrogens is 1. The van der Waals surface area contributed by atoms with Gasteiger partial charge in [0.25, 0.3) is 0 Å². The van der Waals surface area contributed by atoms with E-state index in [0.717, 1.165) is 17.0 Å². The third-order valence-corrected chi connectivity index (χ3v) is 6.55. The van der Waals surface area contributed by atoms with Crippen LogP contribution in [-0.4, -0.2) is 48.0 Å². The lowest BCUT2D eigenvalue weighted by molar-refractivity contribution is -0.140. The Labute approximate surface area is 219 Å². The number of ether oxygens (including phenoxy) is 4. The van der Waals surface area contributed by atoms with E-state index in [1.807, 2.05) is 31.2 Å². The van der Waals surface area contributed by atoms with E-state index in [2.05, 4.69) is 10.1 Å². The van der Waals surface area contributed by atoms with Crippen LogP contribution in [-0.2, 0) is 45.7 Å². The number of hydrogen-bond acceptors (Lipinski definition) is 7. The van der Waals surface area contributed by atoms with Crippen molar-refractivity contribution in [3.8, 4) is 16.9 Å². The Morgan fingerprint density at radius 1 is 1.00 bits per heavy atom. The fraction of sp³-hybridized carbons (Fsp3) is 0.321. The van der Waals surface area contributed by atoms with Crippen molar-refractivity contribution in [2.75, 3.05) is 21.3 Å². The van der Waals surface area contributed by atoms with Crippen molar-refractivity contribution in [2.45, 2.75) is 33.0 Å². The second-order valence-corrected chi connectivity index (χ2v) is 8.76. The highest BCUT2D eigenvalue weighted by Gasteiger charge is 2.26. The molecule has 0 bridgehead atoms. The summed E-state index contributed by atoms with van der Waals surface area (Å²) < 4.78 is 38.0. The lowest BCUT2D eigenvalue weighted by Crippen LogP contribution is -2.07. The van der Waals surface area contributed by atoms with E-state index < -0.39 is 17.8 Å². The number of hydrogen-bond donors (Lipinski definition) is 1. The van der Waals surface area contributed by atoms with E-state index in [4.69, 9.17) is 18.9 Å². The van der Waals surface area contributed by atoms with Crippen molar-refractivity contribution in [3.63, 3.8) is 0 Å². The summed E-state index contributed by atoms with van der Waals surface area (Å²) in [4.78, 5) is 27.5. The Bertz CT molecular complexity index is 1470. The van der Waals surface area contributed by atoms with Crippen LogP contribution in [0.2, 0.25) is 0 Å². The molecule has 0 atom stereocenters. The van der Waals surface area contributed by atoms with Crippen LogP contribution < -0.4 is 4.74 Å². The smallest absolute Gasteiger partial charge is 0.354 e. The number of aromatic nitrogens is 3. The molecule has 2 heterocycles. The molecule has 0 spiro atoms. The zero-order chi connectivity index (χ0) is 27.4. The number of nitrogens with one attached hydrogen (secondary N) is 1. The predicted molar refractivity (Wildman–Crippen MR) is 138 cm³/mol. The zero-order valence-corrected chi connectivity index (χ0v) is 22.0. The van der Waals surface area contributed by atoms with Crippen LogP contribution in [0, 0.1) is 12.7 Å². The lowest BCUT2D eigenvalue weighted by atomic mass is 9.97. The molecule has 0 unspecified atom stereocenters. The molecule has 2 aromatic heterocycles. The number of aryl methyl sites for hydroxylation is 2. The average Bonchev–Trinajstić information content (AvgIpc) is 3.43. The maximum atomic E-state index is 15.5. The Hall–Kier alpha value is -4.18. The molecule has 0 saturated carbocycles. The number of methoxy groups -OCH3 is 3. The van der Waals surface area contributed by atoms with Crippen molar-refractivity contribution in [3.05, 3.63) is 70.4 Å². The normalized spacial score (nSPS) is 11.1. The molecule has 0 fully saturated rings. The van der Waals surface area contributed by atoms with E-state index >= 15 is 4.39 Å². The minimum Gasteiger partial charge on any atom is -0.497 e. The Morgan fingerprint density at radius 2 is 1.74 bits per heavy atom. The molecule has 0 radical (unpaired) electrons. The van der Waals surface area contributed by atoms with Gasteiger partial charge in [-0.3, -0.25) is 9.48 Å². The molecule has 10 heteroatoms. The van der Waals surface area contributed by atoms with Gasteiger partial charge in [0.1, 0.15) is 17.3 Å². The van der Waals surface area contributed by atoms with Crippen LogP contribution >= 0.6 is 0 Å². The first-order chi connectivity index (χ1) is 18.3. The lowest BCUT2D eigenvalue weighted by Gasteiger charge is -2.09. The van der Waals surface area contributed by atoms with E-state index in [9.17, 15) is 9.59 Å². The Balaban J connectivity index is 1.75. The molecule has 0 aliphatic rings. The van der Waals surface area contributed by atoms with Gasteiger partial charge in [0.15, 0.2) is 0 Å². The molecule has 0 aliphatic carbocycles. The van der Waals surface area contributed by atoms with Crippen molar-refractivity contribution in [1.29, 1.82) is 0 Å². The first kappa shape index (κ1) is 26.9. The van der Waals surface area contributed by atoms with Crippen LogP contribution in [0.5, 0.6) is 5.75 Å². The molecule has 2 aromatic carbocycles. The molecule has 200 valence electrons. The number of carbonyl (C=O) groups is 2. The summed E-state index contributed by atoms with van der Waals surface area (Å²) in [5.41, 5.74) is 4.20. The number of halogens is 1. The minimum absolute atomic E-state index is 0.0521. The van der Waals surface area contributed by atoms with Gasteiger partial charge >= 0.3 is 11.9 Å². The fourth-order valence-corrected chi connectivity index (χ4v) is 4.49. The van der Waals surface area contributed by atoms with Gasteiger partial charge in [-0.05, 0) is 48.7 Å². The molecule has 9 nitrogen and oxygen atoms in total. The summed E-state index contributed by atoms with van der Waals surface area (Å²) in [5, 5.41) is 5.19. The fourth-order valence-electron chi connectivity index (χ4n) is 4.49. The van der Waals surface area contributed by atoms with E-state index in [0.29, 0.717) is 34.3 Å². The van der Waals surface area contributed by atoms with Crippen LogP contribution in [0.25, 0.3) is 22.0 Å². The topological polar surface area (TPSA) is 105 Å². The minimum atomic E-state index is -0.613. The Kier molecular flexibility index (Phi) is 8.11. The molecule has 0 saturated heterocycles. The number of fused-ring (bicyclic) bond motifs is 1. The standard InChI is InChI=1S/C28H30FN3O6/c1-16-24(22(31-32(16)2)15-38-14-17-6-8-18(35-3)9-7-17)25-21(29)12-10-19-20(11-13-23(33)36-4)27(28(34)37-5)30-26(19)25/h6-10,12,30H,11,13-15H2,1-5H3. The SMILES string of the molecule is COC(=O)CCc1c(C(=O)OC)[nH]c2c(-c3c(COCc4ccc(OC)cc4)nn(C)c3C)c(F)ccc12. The summed E-state index contributed by atoms with van der Waals surface area (Å²) in [6, 6.07) is 10.5. The van der Waals surface area contributed by atoms with Gasteiger partial charge in [0.2, 0.25) is 0 Å². The summed E-state index contributed by atoms with van der Waals surface area (Å²) in [5.74, 6) is -0.763. The summed E-state index contributed by atoms with van der Waals surface area (Å²) >= 11 is 0. The molecule has 0 aliphatic heterocycles. The molecule has 38 heavy (non-hydrogen) atoms. The summed E-state index contributed by atoms with van der Waals surface area (Å²) in [6.07, 6.45) is 0.266. The van der Waals surface area contributed by atoms with Crippen molar-refractivity contribution < 1.29 is 32.9 Å². The highest BCUT2D eigenvalue weighted by Crippen LogP contribution is 2.38. The van der Waals surface area contributed by atoms with Gasteiger partial charge < -0.3 is 23.9 Å². The van der Waals surface area contributed by atoms with Gasteiger partial charge in [-0.1, -0.05) is 12.1 Å². The number of rotatable bonds is 10. The van der Waals surface area contributed by atoms with Crippen molar-refractivity contribution in [1.82, 2.24) is 14.8 Å². The van der Waals surface area contributed by atoms with Crippen LogP contribution in [0.1, 0.15) is 39.4 Å². The van der Waals surface area contributed by atoms with Gasteiger partial charge in [-0.25, -0.2) is 9.18 Å². The number of aromatic amines is 1. The summed E-state index contributed by atoms with van der Waals surface area (Å²) in [6.45, 7) is 2.31. The van der Waals surface area contributed by atoms with Crippen LogP contribution in [0.15, 0.2) is 36.4 Å². The van der Waals surface area contributed by atoms with Gasteiger partial charge in [0, 0.05) is 35.7 Å². The maximum absolute atomic E-state index is 15.5. The average molecular weight is 524 g/mol. The van der Waals surface area contributed by atoms with Gasteiger partial charge in [-0.2, -0.15) is 5.10 Å². The number of benzene rings is 2. The van der Waals surface area contributed by atoms with Gasteiger partial charge in [0.05, 0.1) is 45.8 Å². The first-order valence-corrected chi connectivity index (χ1v) is 12.0. The zero-order valence-electron chi connectivity index (χ0n) is 22.0. The van der Waals surface area contributed by atoms with E-state index in [-0.39, 0.29) is 30.7 Å². The van der Waals surface area contributed by atoms with Crippen LogP contribution in [0.3, 0.4) is 0 Å². The predicted octanol–water partition coefficient (Wildman–Crippen LogP) is 4.63. The molecule has 0 amide bonds. The maximum Gasteiger partial charge on any atom is 0.354 e. The van der Waals surface area contributed by atoms with E-state index in [1.165, 1.54) is 20.3 Å². The third-order valence-electron chi connectivity index (χ3n) is 6.55. The van der Waals surface area contributed by atoms with Crippen LogP contribution in [0.4, 0.5) is 4.39 Å². The van der Waals surface area contributed by atoms with E-state index in [1.54, 1.807) is 24.9 Å². The quantitative estimate of drug-likeness (QED) is 0.302. The largest absolute Gasteiger partial charge is 0.497 e. The third kappa shape index (κ3) is 5.26.